The summed E-state index contributed by atoms with van der Waals surface area (Å²) < 4.78 is 32.9. The molecule has 38 heavy (non-hydrogen) atoms. The zero-order chi connectivity index (χ0) is 27.7. The number of fused-ring (bicyclic) bond motifs is 1. The molecular weight excluding hydrogens is 508 g/mol. The summed E-state index contributed by atoms with van der Waals surface area (Å²) in [7, 11) is 2.67. The fraction of sp³-hybridized carbons (Fsp3) is 0.400. The van der Waals surface area contributed by atoms with Gasteiger partial charge in [0.15, 0.2) is 17.6 Å². The van der Waals surface area contributed by atoms with Crippen LogP contribution in [0.4, 0.5) is 0 Å². The number of benzene rings is 2. The Morgan fingerprint density at radius 3 is 2.21 bits per heavy atom. The van der Waals surface area contributed by atoms with Crippen LogP contribution in [-0.2, 0) is 19.0 Å². The van der Waals surface area contributed by atoms with Crippen LogP contribution >= 0.6 is 0 Å². The van der Waals surface area contributed by atoms with Gasteiger partial charge in [0.25, 0.3) is 0 Å². The Bertz CT molecular complexity index is 1200. The summed E-state index contributed by atoms with van der Waals surface area (Å²) in [6.07, 6.45) is -7.61. The number of aliphatic hydroxyl groups is 3. The van der Waals surface area contributed by atoms with Crippen LogP contribution in [0.15, 0.2) is 30.0 Å². The van der Waals surface area contributed by atoms with Crippen molar-refractivity contribution in [2.45, 2.75) is 43.7 Å². The lowest BCUT2D eigenvalue weighted by Gasteiger charge is -2.41. The van der Waals surface area contributed by atoms with Crippen molar-refractivity contribution in [1.29, 1.82) is 0 Å². The quantitative estimate of drug-likeness (QED) is 0.271. The van der Waals surface area contributed by atoms with Gasteiger partial charge in [-0.15, -0.1) is 0 Å². The van der Waals surface area contributed by atoms with Crippen molar-refractivity contribution in [2.75, 3.05) is 20.8 Å². The molecule has 0 aromatic heterocycles. The van der Waals surface area contributed by atoms with Crippen LogP contribution in [0, 0.1) is 0 Å². The highest BCUT2D eigenvalue weighted by atomic mass is 16.7. The molecule has 2 aromatic rings. The molecule has 2 aromatic carbocycles. The fourth-order valence-corrected chi connectivity index (χ4v) is 4.12. The van der Waals surface area contributed by atoms with Gasteiger partial charge in [-0.3, -0.25) is 4.79 Å². The smallest absolute Gasteiger partial charge is 0.302 e. The number of phenolic OH excluding ortho intramolecular Hbond substituents is 3. The molecule has 2 unspecified atom stereocenters. The van der Waals surface area contributed by atoms with Crippen LogP contribution in [0.5, 0.6) is 34.5 Å². The van der Waals surface area contributed by atoms with Gasteiger partial charge in [0.1, 0.15) is 54.0 Å². The standard InChI is InChI=1S/C25H28O13/c1-10(26)35-9-19-21(30)22(31)23(32)25(38-19)37-18-8-13-14(28)6-12(27)7-15(13)36-24(18)11-4-16(33-2)20(29)17(5-11)34-3/h4-8,19,21-25,27-32H,9H2,1-3H3/t19-,21+,22+,23-,24?,25?/m1/s1. The van der Waals surface area contributed by atoms with Crippen LogP contribution < -0.4 is 14.2 Å². The predicted octanol–water partition coefficient (Wildman–Crippen LogP) is 0.682. The maximum Gasteiger partial charge on any atom is 0.302 e. The minimum atomic E-state index is -1.74. The summed E-state index contributed by atoms with van der Waals surface area (Å²) in [5.74, 6) is -1.39. The lowest BCUT2D eigenvalue weighted by atomic mass is 9.98. The molecule has 13 nitrogen and oxygen atoms in total. The number of phenols is 3. The maximum absolute atomic E-state index is 11.2. The Morgan fingerprint density at radius 2 is 1.61 bits per heavy atom. The molecule has 0 amide bonds. The first-order chi connectivity index (χ1) is 18.0. The van der Waals surface area contributed by atoms with E-state index in [2.05, 4.69) is 0 Å². The number of hydrogen-bond donors (Lipinski definition) is 6. The van der Waals surface area contributed by atoms with E-state index in [-0.39, 0.29) is 45.8 Å². The normalized spacial score (nSPS) is 26.4. The largest absolute Gasteiger partial charge is 0.508 e. The minimum Gasteiger partial charge on any atom is -0.508 e. The van der Waals surface area contributed by atoms with Crippen molar-refractivity contribution in [2.24, 2.45) is 0 Å². The molecule has 2 aliphatic heterocycles. The molecule has 0 aliphatic carbocycles. The molecule has 4 rings (SSSR count). The summed E-state index contributed by atoms with van der Waals surface area (Å²) in [6.45, 7) is 0.736. The van der Waals surface area contributed by atoms with Gasteiger partial charge in [0.05, 0.1) is 19.8 Å². The van der Waals surface area contributed by atoms with Crippen molar-refractivity contribution in [3.63, 3.8) is 0 Å². The van der Waals surface area contributed by atoms with E-state index in [1.165, 1.54) is 38.5 Å². The zero-order valence-electron chi connectivity index (χ0n) is 20.6. The second-order valence-corrected chi connectivity index (χ2v) is 8.63. The van der Waals surface area contributed by atoms with E-state index in [9.17, 15) is 35.4 Å². The molecule has 2 heterocycles. The molecule has 1 saturated heterocycles. The van der Waals surface area contributed by atoms with Gasteiger partial charge in [-0.05, 0) is 18.2 Å². The number of esters is 1. The Hall–Kier alpha value is -3.91. The maximum atomic E-state index is 11.2. The van der Waals surface area contributed by atoms with Gasteiger partial charge in [0, 0.05) is 24.6 Å². The van der Waals surface area contributed by atoms with E-state index in [4.69, 9.17) is 28.4 Å². The highest BCUT2D eigenvalue weighted by molar-refractivity contribution is 5.70. The lowest BCUT2D eigenvalue weighted by molar-refractivity contribution is -0.294. The molecule has 6 atom stereocenters. The van der Waals surface area contributed by atoms with Gasteiger partial charge < -0.3 is 59.1 Å². The second kappa shape index (κ2) is 10.8. The average molecular weight is 536 g/mol. The van der Waals surface area contributed by atoms with Gasteiger partial charge in [-0.1, -0.05) is 0 Å². The molecule has 0 radical (unpaired) electrons. The third-order valence-corrected chi connectivity index (χ3v) is 6.07. The first kappa shape index (κ1) is 27.1. The molecule has 6 N–H and O–H groups in total. The Balaban J connectivity index is 1.75. The van der Waals surface area contributed by atoms with E-state index >= 15 is 0 Å². The predicted molar refractivity (Wildman–Crippen MR) is 127 cm³/mol. The van der Waals surface area contributed by atoms with E-state index in [1.54, 1.807) is 0 Å². The molecule has 1 fully saturated rings. The summed E-state index contributed by atoms with van der Waals surface area (Å²) in [5, 5.41) is 61.9. The van der Waals surface area contributed by atoms with E-state index in [1.807, 2.05) is 0 Å². The number of aliphatic hydroxyl groups excluding tert-OH is 3. The van der Waals surface area contributed by atoms with Gasteiger partial charge in [-0.2, -0.15) is 0 Å². The fourth-order valence-electron chi connectivity index (χ4n) is 4.12. The first-order valence-corrected chi connectivity index (χ1v) is 11.4. The second-order valence-electron chi connectivity index (χ2n) is 8.63. The molecule has 206 valence electrons. The van der Waals surface area contributed by atoms with Crippen LogP contribution in [0.2, 0.25) is 0 Å². The molecular formula is C25H28O13. The van der Waals surface area contributed by atoms with Gasteiger partial charge in [0.2, 0.25) is 12.0 Å². The van der Waals surface area contributed by atoms with Gasteiger partial charge >= 0.3 is 5.97 Å². The number of methoxy groups -OCH3 is 2. The number of carbonyl (C=O) groups is 1. The highest BCUT2D eigenvalue weighted by Crippen LogP contribution is 2.47. The molecule has 0 saturated carbocycles. The summed E-state index contributed by atoms with van der Waals surface area (Å²) >= 11 is 0. The van der Waals surface area contributed by atoms with Gasteiger partial charge in [-0.25, -0.2) is 0 Å². The Morgan fingerprint density at radius 1 is 0.947 bits per heavy atom. The lowest BCUT2D eigenvalue weighted by Crippen LogP contribution is -2.59. The third-order valence-electron chi connectivity index (χ3n) is 6.07. The molecule has 0 bridgehead atoms. The van der Waals surface area contributed by atoms with Crippen LogP contribution in [0.3, 0.4) is 0 Å². The summed E-state index contributed by atoms with van der Waals surface area (Å²) in [5.41, 5.74) is 0.465. The monoisotopic (exact) mass is 536 g/mol. The van der Waals surface area contributed by atoms with Crippen molar-refractivity contribution in [3.8, 4) is 34.5 Å². The topological polar surface area (TPSA) is 194 Å². The van der Waals surface area contributed by atoms with Crippen molar-refractivity contribution in [3.05, 3.63) is 41.2 Å². The zero-order valence-corrected chi connectivity index (χ0v) is 20.6. The van der Waals surface area contributed by atoms with E-state index in [0.717, 1.165) is 13.0 Å². The summed E-state index contributed by atoms with van der Waals surface area (Å²) in [4.78, 5) is 11.2. The number of aromatic hydroxyl groups is 3. The number of hydrogen-bond acceptors (Lipinski definition) is 13. The third kappa shape index (κ3) is 5.22. The van der Waals surface area contributed by atoms with E-state index in [0.29, 0.717) is 5.56 Å². The first-order valence-electron chi connectivity index (χ1n) is 11.4. The molecule has 0 spiro atoms. The van der Waals surface area contributed by atoms with Crippen LogP contribution in [0.25, 0.3) is 6.08 Å². The number of carbonyl (C=O) groups excluding carboxylic acids is 1. The van der Waals surface area contributed by atoms with Crippen molar-refractivity contribution in [1.82, 2.24) is 0 Å². The number of ether oxygens (including phenoxy) is 6. The Kier molecular flexibility index (Phi) is 7.73. The Labute approximate surface area is 216 Å². The number of rotatable bonds is 7. The molecule has 13 heteroatoms. The molecule has 2 aliphatic rings. The van der Waals surface area contributed by atoms with E-state index < -0.39 is 49.4 Å². The summed E-state index contributed by atoms with van der Waals surface area (Å²) in [6, 6.07) is 5.23. The van der Waals surface area contributed by atoms with Crippen molar-refractivity contribution < 1.29 is 63.9 Å². The van der Waals surface area contributed by atoms with Crippen LogP contribution in [0.1, 0.15) is 24.2 Å². The van der Waals surface area contributed by atoms with Crippen LogP contribution in [-0.4, -0.2) is 88.1 Å². The van der Waals surface area contributed by atoms with Crippen molar-refractivity contribution >= 4 is 12.0 Å². The minimum absolute atomic E-state index is 0.0350. The highest BCUT2D eigenvalue weighted by Gasteiger charge is 2.46. The SMILES string of the molecule is COc1cc(C2Oc3cc(O)cc(O)c3C=C2OC2O[C@H](COC(C)=O)[C@H](O)[C@H](O)[C@H]2O)cc(OC)c1O. The average Bonchev–Trinajstić information content (AvgIpc) is 2.88.